The van der Waals surface area contributed by atoms with Gasteiger partial charge < -0.3 is 19.5 Å². The summed E-state index contributed by atoms with van der Waals surface area (Å²) < 4.78 is 11.4. The number of unbranched alkanes of at least 4 members (excludes halogenated alkanes) is 2. The number of methoxy groups -OCH3 is 1. The lowest BCUT2D eigenvalue weighted by molar-refractivity contribution is -0.139. The lowest BCUT2D eigenvalue weighted by atomic mass is 9.84. The highest BCUT2D eigenvalue weighted by Gasteiger charge is 2.45. The second kappa shape index (κ2) is 11.6. The van der Waals surface area contributed by atoms with E-state index in [1.54, 1.807) is 24.1 Å². The number of hydrogen-bond donors (Lipinski definition) is 1. The minimum atomic E-state index is -0.668. The molecule has 1 aliphatic rings. The van der Waals surface area contributed by atoms with E-state index in [0.717, 1.165) is 36.1 Å². The maximum Gasteiger partial charge on any atom is 0.295 e. The van der Waals surface area contributed by atoms with Crippen molar-refractivity contribution in [1.29, 1.82) is 0 Å². The number of aliphatic hydroxyl groups excluding tert-OH is 1. The topological polar surface area (TPSA) is 76.1 Å². The molecule has 194 valence electrons. The molecule has 2 aromatic rings. The van der Waals surface area contributed by atoms with Crippen LogP contribution in [0, 0.1) is 0 Å². The number of likely N-dealkylation sites (tertiary alicyclic amines) is 1. The van der Waals surface area contributed by atoms with Crippen LogP contribution in [0.3, 0.4) is 0 Å². The minimum Gasteiger partial charge on any atom is -0.507 e. The van der Waals surface area contributed by atoms with Gasteiger partial charge in [0.1, 0.15) is 17.3 Å². The standard InChI is InChI=1S/C30H39NO5/c1-7-9-10-18-36-22-14-11-20(12-15-22)26-25(28(33)29(34)31(26)17-8-2)27(32)21-13-16-24(35-6)23(19-21)30(3,4)5/h11-16,19,26,32H,7-10,17-18H2,1-6H3/b27-25-. The zero-order chi connectivity index (χ0) is 26.5. The maximum absolute atomic E-state index is 13.2. The van der Waals surface area contributed by atoms with Gasteiger partial charge in [0.15, 0.2) is 0 Å². The average Bonchev–Trinajstić information content (AvgIpc) is 3.11. The van der Waals surface area contributed by atoms with E-state index in [4.69, 9.17) is 9.47 Å². The molecule has 1 atom stereocenters. The molecule has 36 heavy (non-hydrogen) atoms. The first-order valence-electron chi connectivity index (χ1n) is 12.8. The third-order valence-corrected chi connectivity index (χ3v) is 6.50. The Morgan fingerprint density at radius 2 is 1.69 bits per heavy atom. The summed E-state index contributed by atoms with van der Waals surface area (Å²) in [7, 11) is 1.61. The number of aliphatic hydroxyl groups is 1. The Kier molecular flexibility index (Phi) is 8.83. The van der Waals surface area contributed by atoms with Gasteiger partial charge in [0, 0.05) is 17.7 Å². The highest BCUT2D eigenvalue weighted by Crippen LogP contribution is 2.41. The molecule has 0 aliphatic carbocycles. The lowest BCUT2D eigenvalue weighted by Crippen LogP contribution is -2.30. The highest BCUT2D eigenvalue weighted by molar-refractivity contribution is 6.46. The van der Waals surface area contributed by atoms with Gasteiger partial charge in [-0.05, 0) is 54.2 Å². The molecule has 1 amide bonds. The minimum absolute atomic E-state index is 0.107. The van der Waals surface area contributed by atoms with Gasteiger partial charge in [-0.2, -0.15) is 0 Å². The third kappa shape index (κ3) is 5.75. The van der Waals surface area contributed by atoms with Crippen LogP contribution in [-0.4, -0.2) is 42.0 Å². The van der Waals surface area contributed by atoms with Crippen molar-refractivity contribution in [2.75, 3.05) is 20.3 Å². The van der Waals surface area contributed by atoms with Crippen LogP contribution in [0.25, 0.3) is 5.76 Å². The number of Topliss-reactive ketones (excluding diaryl/α,β-unsaturated/α-hetero) is 1. The van der Waals surface area contributed by atoms with Crippen molar-refractivity contribution in [3.8, 4) is 11.5 Å². The SMILES string of the molecule is CCCCCOc1ccc(C2/C(=C(/O)c3ccc(OC)c(C(C)(C)C)c3)C(=O)C(=O)N2CCC)cc1. The van der Waals surface area contributed by atoms with Crippen molar-refractivity contribution in [1.82, 2.24) is 4.90 Å². The summed E-state index contributed by atoms with van der Waals surface area (Å²) >= 11 is 0. The van der Waals surface area contributed by atoms with Gasteiger partial charge in [-0.25, -0.2) is 0 Å². The smallest absolute Gasteiger partial charge is 0.295 e. The zero-order valence-electron chi connectivity index (χ0n) is 22.4. The number of hydrogen-bond acceptors (Lipinski definition) is 5. The van der Waals surface area contributed by atoms with E-state index in [1.807, 2.05) is 37.3 Å². The van der Waals surface area contributed by atoms with E-state index >= 15 is 0 Å². The second-order valence-electron chi connectivity index (χ2n) is 10.3. The molecule has 2 aromatic carbocycles. The predicted molar refractivity (Wildman–Crippen MR) is 142 cm³/mol. The molecule has 1 saturated heterocycles. The monoisotopic (exact) mass is 493 g/mol. The van der Waals surface area contributed by atoms with E-state index in [9.17, 15) is 14.7 Å². The van der Waals surface area contributed by atoms with E-state index in [2.05, 4.69) is 27.7 Å². The highest BCUT2D eigenvalue weighted by atomic mass is 16.5. The molecule has 1 heterocycles. The molecule has 0 aromatic heterocycles. The van der Waals surface area contributed by atoms with E-state index in [0.29, 0.717) is 30.9 Å². The Morgan fingerprint density at radius 1 is 1.00 bits per heavy atom. The second-order valence-corrected chi connectivity index (χ2v) is 10.3. The lowest BCUT2D eigenvalue weighted by Gasteiger charge is -2.25. The quantitative estimate of drug-likeness (QED) is 0.180. The van der Waals surface area contributed by atoms with Crippen LogP contribution in [0.5, 0.6) is 11.5 Å². The fraction of sp³-hybridized carbons (Fsp3) is 0.467. The zero-order valence-corrected chi connectivity index (χ0v) is 22.4. The summed E-state index contributed by atoms with van der Waals surface area (Å²) in [6, 6.07) is 12.1. The van der Waals surface area contributed by atoms with Gasteiger partial charge >= 0.3 is 0 Å². The average molecular weight is 494 g/mol. The normalized spacial score (nSPS) is 17.5. The Labute approximate surface area is 214 Å². The molecule has 0 bridgehead atoms. The molecule has 0 saturated carbocycles. The van der Waals surface area contributed by atoms with Crippen LogP contribution in [0.1, 0.15) is 83.0 Å². The van der Waals surface area contributed by atoms with Crippen molar-refractivity contribution in [3.05, 3.63) is 64.7 Å². The first-order chi connectivity index (χ1) is 17.1. The predicted octanol–water partition coefficient (Wildman–Crippen LogP) is 6.39. The molecule has 6 nitrogen and oxygen atoms in total. The van der Waals surface area contributed by atoms with Gasteiger partial charge in [-0.3, -0.25) is 9.59 Å². The van der Waals surface area contributed by atoms with Crippen molar-refractivity contribution in [2.24, 2.45) is 0 Å². The molecule has 1 fully saturated rings. The van der Waals surface area contributed by atoms with Crippen LogP contribution < -0.4 is 9.47 Å². The van der Waals surface area contributed by atoms with E-state index in [1.165, 1.54) is 0 Å². The Balaban J connectivity index is 2.06. The van der Waals surface area contributed by atoms with Crippen molar-refractivity contribution in [3.63, 3.8) is 0 Å². The first-order valence-corrected chi connectivity index (χ1v) is 12.8. The van der Waals surface area contributed by atoms with Gasteiger partial charge in [-0.15, -0.1) is 0 Å². The Hall–Kier alpha value is -3.28. The van der Waals surface area contributed by atoms with Crippen LogP contribution in [0.4, 0.5) is 0 Å². The number of amides is 1. The van der Waals surface area contributed by atoms with Crippen molar-refractivity contribution < 1.29 is 24.2 Å². The number of ether oxygens (including phenoxy) is 2. The number of ketones is 1. The summed E-state index contributed by atoms with van der Waals surface area (Å²) in [4.78, 5) is 27.8. The molecule has 0 radical (unpaired) electrons. The summed E-state index contributed by atoms with van der Waals surface area (Å²) in [5.41, 5.74) is 2.00. The number of carbonyl (C=O) groups excluding carboxylic acids is 2. The number of carbonyl (C=O) groups is 2. The maximum atomic E-state index is 13.2. The molecule has 3 rings (SSSR count). The molecule has 1 aliphatic heterocycles. The number of nitrogens with zero attached hydrogens (tertiary/aromatic N) is 1. The first kappa shape index (κ1) is 27.3. The molecular formula is C30H39NO5. The van der Waals surface area contributed by atoms with E-state index < -0.39 is 17.7 Å². The van der Waals surface area contributed by atoms with Crippen LogP contribution >= 0.6 is 0 Å². The summed E-state index contributed by atoms with van der Waals surface area (Å²) in [5, 5.41) is 11.4. The van der Waals surface area contributed by atoms with Crippen molar-refractivity contribution >= 4 is 17.4 Å². The summed E-state index contributed by atoms with van der Waals surface area (Å²) in [6.07, 6.45) is 3.93. The van der Waals surface area contributed by atoms with Crippen LogP contribution in [0.15, 0.2) is 48.0 Å². The van der Waals surface area contributed by atoms with E-state index in [-0.39, 0.29) is 16.7 Å². The van der Waals surface area contributed by atoms with Gasteiger partial charge in [0.05, 0.1) is 25.3 Å². The molecule has 1 unspecified atom stereocenters. The summed E-state index contributed by atoms with van der Waals surface area (Å²) in [6.45, 7) is 11.3. The number of rotatable bonds is 10. The largest absolute Gasteiger partial charge is 0.507 e. The Bertz CT molecular complexity index is 1110. The van der Waals surface area contributed by atoms with Gasteiger partial charge in [0.2, 0.25) is 0 Å². The molecule has 6 heteroatoms. The molecule has 1 N–H and O–H groups in total. The van der Waals surface area contributed by atoms with Crippen LogP contribution in [-0.2, 0) is 15.0 Å². The fourth-order valence-electron chi connectivity index (χ4n) is 4.58. The Morgan fingerprint density at radius 3 is 2.28 bits per heavy atom. The van der Waals surface area contributed by atoms with Crippen molar-refractivity contribution in [2.45, 2.75) is 71.8 Å². The molecular weight excluding hydrogens is 454 g/mol. The summed E-state index contributed by atoms with van der Waals surface area (Å²) in [5.74, 6) is 0.0145. The van der Waals surface area contributed by atoms with Gasteiger partial charge in [-0.1, -0.05) is 59.6 Å². The van der Waals surface area contributed by atoms with Gasteiger partial charge in [0.25, 0.3) is 11.7 Å². The third-order valence-electron chi connectivity index (χ3n) is 6.50. The van der Waals surface area contributed by atoms with Crippen LogP contribution in [0.2, 0.25) is 0 Å². The number of benzene rings is 2. The fourth-order valence-corrected chi connectivity index (χ4v) is 4.58. The molecule has 0 spiro atoms.